The Balaban J connectivity index is 2.30. The average molecular weight is 353 g/mol. The van der Waals surface area contributed by atoms with Crippen molar-refractivity contribution in [1.82, 2.24) is 0 Å². The van der Waals surface area contributed by atoms with Crippen molar-refractivity contribution in [1.29, 1.82) is 0 Å². The van der Waals surface area contributed by atoms with Gasteiger partial charge < -0.3 is 15.2 Å². The van der Waals surface area contributed by atoms with Gasteiger partial charge in [-0.1, -0.05) is 39.0 Å². The monoisotopic (exact) mass is 353 g/mol. The first kappa shape index (κ1) is 19.6. The molecule has 0 aliphatic rings. The number of carbonyl (C=O) groups is 1. The van der Waals surface area contributed by atoms with E-state index in [0.717, 1.165) is 33.8 Å². The molecule has 0 radical (unpaired) electrons. The van der Waals surface area contributed by atoms with Crippen LogP contribution in [0.3, 0.4) is 0 Å². The van der Waals surface area contributed by atoms with Gasteiger partial charge in [0.1, 0.15) is 18.1 Å². The molecule has 0 spiro atoms. The van der Waals surface area contributed by atoms with Crippen LogP contribution in [0.25, 0.3) is 6.08 Å². The highest BCUT2D eigenvalue weighted by molar-refractivity contribution is 5.90. The summed E-state index contributed by atoms with van der Waals surface area (Å²) in [6.07, 6.45) is 3.02. The summed E-state index contributed by atoms with van der Waals surface area (Å²) in [5.74, 6) is 1.14. The Labute approximate surface area is 155 Å². The second kappa shape index (κ2) is 8.09. The minimum atomic E-state index is -0.479. The van der Waals surface area contributed by atoms with Crippen LogP contribution >= 0.6 is 0 Å². The van der Waals surface area contributed by atoms with Gasteiger partial charge >= 0.3 is 0 Å². The van der Waals surface area contributed by atoms with Crippen LogP contribution in [-0.4, -0.2) is 13.0 Å². The predicted octanol–water partition coefficient (Wildman–Crippen LogP) is 4.38. The number of carbonyl (C=O) groups excluding carboxylic acids is 1. The number of nitrogens with two attached hydrogens (primary N) is 1. The maximum absolute atomic E-state index is 10.9. The van der Waals surface area contributed by atoms with E-state index in [4.69, 9.17) is 15.2 Å². The van der Waals surface area contributed by atoms with Gasteiger partial charge in [-0.2, -0.15) is 0 Å². The van der Waals surface area contributed by atoms with Crippen LogP contribution in [0, 0.1) is 6.92 Å². The molecule has 0 unspecified atom stereocenters. The molecule has 0 aliphatic carbocycles. The molecule has 0 atom stereocenters. The number of primary amides is 1. The van der Waals surface area contributed by atoms with Crippen molar-refractivity contribution in [2.24, 2.45) is 5.73 Å². The van der Waals surface area contributed by atoms with Crippen molar-refractivity contribution in [3.05, 3.63) is 64.7 Å². The first-order valence-electron chi connectivity index (χ1n) is 8.59. The smallest absolute Gasteiger partial charge is 0.241 e. The quantitative estimate of drug-likeness (QED) is 0.784. The molecule has 2 rings (SSSR count). The first-order valence-corrected chi connectivity index (χ1v) is 8.59. The number of rotatable bonds is 6. The summed E-state index contributed by atoms with van der Waals surface area (Å²) in [5, 5.41) is 0. The molecule has 0 heterocycles. The fraction of sp³-hybridized carbons (Fsp3) is 0.318. The maximum Gasteiger partial charge on any atom is 0.241 e. The molecule has 138 valence electrons. The van der Waals surface area contributed by atoms with Crippen molar-refractivity contribution >= 4 is 12.0 Å². The van der Waals surface area contributed by atoms with Gasteiger partial charge in [0, 0.05) is 11.6 Å². The first-order chi connectivity index (χ1) is 12.2. The third-order valence-electron chi connectivity index (χ3n) is 4.07. The Hall–Kier alpha value is -2.75. The molecule has 0 bridgehead atoms. The minimum absolute atomic E-state index is 0.0147. The molecular weight excluding hydrogens is 326 g/mol. The normalized spacial score (nSPS) is 11.6. The molecule has 2 aromatic carbocycles. The van der Waals surface area contributed by atoms with Crippen LogP contribution in [0.2, 0.25) is 0 Å². The molecule has 0 saturated carbocycles. The molecule has 0 fully saturated rings. The largest absolute Gasteiger partial charge is 0.496 e. The van der Waals surface area contributed by atoms with E-state index in [-0.39, 0.29) is 5.41 Å². The average Bonchev–Trinajstić information content (AvgIpc) is 2.57. The van der Waals surface area contributed by atoms with Gasteiger partial charge in [-0.3, -0.25) is 4.79 Å². The lowest BCUT2D eigenvalue weighted by atomic mass is 9.86. The van der Waals surface area contributed by atoms with Crippen LogP contribution in [-0.2, 0) is 16.8 Å². The van der Waals surface area contributed by atoms with E-state index in [0.29, 0.717) is 6.61 Å². The predicted molar refractivity (Wildman–Crippen MR) is 105 cm³/mol. The SMILES string of the molecule is COc1ccc(/C=C\C(N)=O)cc1COc1cc(C)ccc1C(C)(C)C. The summed E-state index contributed by atoms with van der Waals surface area (Å²) in [4.78, 5) is 10.9. The lowest BCUT2D eigenvalue weighted by molar-refractivity contribution is -0.113. The zero-order chi connectivity index (χ0) is 19.3. The van der Waals surface area contributed by atoms with E-state index in [2.05, 4.69) is 45.9 Å². The lowest BCUT2D eigenvalue weighted by Gasteiger charge is -2.23. The molecule has 4 heteroatoms. The van der Waals surface area contributed by atoms with E-state index in [1.807, 2.05) is 18.2 Å². The Bertz CT molecular complexity index is 817. The third-order valence-corrected chi connectivity index (χ3v) is 4.07. The molecule has 1 amide bonds. The van der Waals surface area contributed by atoms with Crippen LogP contribution in [0.4, 0.5) is 0 Å². The topological polar surface area (TPSA) is 61.5 Å². The highest BCUT2D eigenvalue weighted by Gasteiger charge is 2.19. The highest BCUT2D eigenvalue weighted by atomic mass is 16.5. The highest BCUT2D eigenvalue weighted by Crippen LogP contribution is 2.33. The van der Waals surface area contributed by atoms with E-state index >= 15 is 0 Å². The fourth-order valence-electron chi connectivity index (χ4n) is 2.72. The summed E-state index contributed by atoms with van der Waals surface area (Å²) in [7, 11) is 1.63. The van der Waals surface area contributed by atoms with Gasteiger partial charge in [0.2, 0.25) is 5.91 Å². The van der Waals surface area contributed by atoms with E-state index in [1.54, 1.807) is 13.2 Å². The Morgan fingerprint density at radius 3 is 2.46 bits per heavy atom. The zero-order valence-electron chi connectivity index (χ0n) is 16.1. The number of methoxy groups -OCH3 is 1. The van der Waals surface area contributed by atoms with Gasteiger partial charge in [0.25, 0.3) is 0 Å². The second-order valence-corrected chi connectivity index (χ2v) is 7.35. The number of ether oxygens (including phenoxy) is 2. The van der Waals surface area contributed by atoms with Crippen molar-refractivity contribution < 1.29 is 14.3 Å². The van der Waals surface area contributed by atoms with Gasteiger partial charge in [-0.05, 0) is 53.3 Å². The minimum Gasteiger partial charge on any atom is -0.496 e. The Morgan fingerprint density at radius 2 is 1.85 bits per heavy atom. The molecule has 26 heavy (non-hydrogen) atoms. The summed E-state index contributed by atoms with van der Waals surface area (Å²) in [6, 6.07) is 11.9. The lowest BCUT2D eigenvalue weighted by Crippen LogP contribution is -2.13. The molecule has 2 N–H and O–H groups in total. The van der Waals surface area contributed by atoms with Crippen LogP contribution < -0.4 is 15.2 Å². The molecule has 0 aliphatic heterocycles. The van der Waals surface area contributed by atoms with E-state index < -0.39 is 5.91 Å². The Kier molecular flexibility index (Phi) is 6.09. The summed E-state index contributed by atoms with van der Waals surface area (Å²) in [6.45, 7) is 8.92. The standard InChI is InChI=1S/C22H27NO3/c1-15-6-9-18(22(2,3)4)20(12-15)26-14-17-13-16(8-11-21(23)24)7-10-19(17)25-5/h6-13H,14H2,1-5H3,(H2,23,24)/b11-8-. The molecule has 4 nitrogen and oxygen atoms in total. The summed E-state index contributed by atoms with van der Waals surface area (Å²) >= 11 is 0. The fourth-order valence-corrected chi connectivity index (χ4v) is 2.72. The summed E-state index contributed by atoms with van der Waals surface area (Å²) in [5.41, 5.74) is 9.23. The molecule has 0 aromatic heterocycles. The second-order valence-electron chi connectivity index (χ2n) is 7.35. The van der Waals surface area contributed by atoms with Crippen LogP contribution in [0.15, 0.2) is 42.5 Å². The number of benzene rings is 2. The number of aryl methyl sites for hydroxylation is 1. The maximum atomic E-state index is 10.9. The molecular formula is C22H27NO3. The van der Waals surface area contributed by atoms with Crippen LogP contribution in [0.5, 0.6) is 11.5 Å². The number of hydrogen-bond donors (Lipinski definition) is 1. The number of hydrogen-bond acceptors (Lipinski definition) is 3. The number of amides is 1. The van der Waals surface area contributed by atoms with E-state index in [1.165, 1.54) is 6.08 Å². The zero-order valence-corrected chi connectivity index (χ0v) is 16.1. The third kappa shape index (κ3) is 5.12. The van der Waals surface area contributed by atoms with Gasteiger partial charge in [0.15, 0.2) is 0 Å². The molecule has 2 aromatic rings. The Morgan fingerprint density at radius 1 is 1.12 bits per heavy atom. The molecule has 0 saturated heterocycles. The van der Waals surface area contributed by atoms with Gasteiger partial charge in [-0.25, -0.2) is 0 Å². The van der Waals surface area contributed by atoms with E-state index in [9.17, 15) is 4.79 Å². The van der Waals surface area contributed by atoms with Gasteiger partial charge in [0.05, 0.1) is 7.11 Å². The van der Waals surface area contributed by atoms with Crippen molar-refractivity contribution in [3.63, 3.8) is 0 Å². The van der Waals surface area contributed by atoms with Crippen molar-refractivity contribution in [2.45, 2.75) is 39.7 Å². The van der Waals surface area contributed by atoms with Crippen molar-refractivity contribution in [2.75, 3.05) is 7.11 Å². The summed E-state index contributed by atoms with van der Waals surface area (Å²) < 4.78 is 11.6. The van der Waals surface area contributed by atoms with Gasteiger partial charge in [-0.15, -0.1) is 0 Å². The van der Waals surface area contributed by atoms with Crippen LogP contribution in [0.1, 0.15) is 43.0 Å². The van der Waals surface area contributed by atoms with Crippen molar-refractivity contribution in [3.8, 4) is 11.5 Å².